The predicted molar refractivity (Wildman–Crippen MR) is 84.7 cm³/mol. The fourth-order valence-electron chi connectivity index (χ4n) is 1.98. The van der Waals surface area contributed by atoms with E-state index >= 15 is 0 Å². The van der Waals surface area contributed by atoms with Crippen molar-refractivity contribution >= 4 is 21.4 Å². The number of hydrogen-bond donors (Lipinski definition) is 2. The van der Waals surface area contributed by atoms with Gasteiger partial charge in [0.05, 0.1) is 12.2 Å². The molecule has 114 valence electrons. The molecule has 0 radical (unpaired) electrons. The van der Waals surface area contributed by atoms with E-state index in [0.29, 0.717) is 10.8 Å². The maximum Gasteiger partial charge on any atom is 0.250 e. The monoisotopic (exact) mass is 325 g/mol. The lowest BCUT2D eigenvalue weighted by Crippen LogP contribution is -2.23. The second-order valence-corrected chi connectivity index (χ2v) is 7.50. The Bertz CT molecular complexity index is 696. The third kappa shape index (κ3) is 4.10. The zero-order valence-electron chi connectivity index (χ0n) is 12.1. The Hall–Kier alpha value is -1.28. The number of nitrogens with one attached hydrogen (secondary N) is 2. The molecule has 0 aliphatic carbocycles. The van der Waals surface area contributed by atoms with Crippen LogP contribution in [0.3, 0.4) is 0 Å². The molecule has 0 aliphatic heterocycles. The molecule has 2 heterocycles. The van der Waals surface area contributed by atoms with Gasteiger partial charge in [-0.25, -0.2) is 13.1 Å². The highest BCUT2D eigenvalue weighted by atomic mass is 32.2. The van der Waals surface area contributed by atoms with Gasteiger partial charge in [-0.05, 0) is 42.1 Å². The Balaban J connectivity index is 2.10. The number of hydrogen-bond acceptors (Lipinski definition) is 5. The maximum atomic E-state index is 12.3. The van der Waals surface area contributed by atoms with Gasteiger partial charge in [-0.1, -0.05) is 13.0 Å². The second kappa shape index (κ2) is 7.13. The van der Waals surface area contributed by atoms with Crippen LogP contribution in [0.2, 0.25) is 0 Å². The zero-order valence-corrected chi connectivity index (χ0v) is 13.7. The van der Waals surface area contributed by atoms with Crippen molar-refractivity contribution in [2.75, 3.05) is 7.05 Å². The molecule has 2 aromatic rings. The molecule has 0 amide bonds. The minimum Gasteiger partial charge on any atom is -0.316 e. The summed E-state index contributed by atoms with van der Waals surface area (Å²) >= 11 is 1.23. The van der Waals surface area contributed by atoms with E-state index < -0.39 is 10.0 Å². The number of aromatic nitrogens is 1. The highest BCUT2D eigenvalue weighted by Gasteiger charge is 2.17. The maximum absolute atomic E-state index is 12.3. The molecule has 0 fully saturated rings. The molecule has 2 rings (SSSR count). The van der Waals surface area contributed by atoms with E-state index in [1.165, 1.54) is 11.3 Å². The highest BCUT2D eigenvalue weighted by Crippen LogP contribution is 2.20. The van der Waals surface area contributed by atoms with Crippen molar-refractivity contribution in [2.24, 2.45) is 0 Å². The van der Waals surface area contributed by atoms with Gasteiger partial charge in [0.1, 0.15) is 4.21 Å². The normalized spacial score (nSPS) is 11.7. The SMILES string of the molecule is CCc1cccnc1CNS(=O)(=O)c1cc(CNC)cs1. The van der Waals surface area contributed by atoms with Crippen molar-refractivity contribution in [1.29, 1.82) is 0 Å². The Kier molecular flexibility index (Phi) is 5.46. The Labute approximate surface area is 129 Å². The third-order valence-electron chi connectivity index (χ3n) is 3.07. The molecule has 0 atom stereocenters. The number of nitrogens with zero attached hydrogens (tertiary/aromatic N) is 1. The first-order chi connectivity index (χ1) is 10.1. The number of aryl methyl sites for hydroxylation is 1. The standard InChI is InChI=1S/C14H19N3O2S2/c1-3-12-5-4-6-16-13(12)9-17-21(18,19)14-7-11(8-15-2)10-20-14/h4-7,10,15,17H,3,8-9H2,1-2H3. The van der Waals surface area contributed by atoms with Crippen LogP contribution in [-0.2, 0) is 29.5 Å². The largest absolute Gasteiger partial charge is 0.316 e. The lowest BCUT2D eigenvalue weighted by atomic mass is 10.1. The lowest BCUT2D eigenvalue weighted by Gasteiger charge is -2.07. The smallest absolute Gasteiger partial charge is 0.250 e. The summed E-state index contributed by atoms with van der Waals surface area (Å²) in [4.78, 5) is 4.25. The van der Waals surface area contributed by atoms with Crippen molar-refractivity contribution in [2.45, 2.75) is 30.6 Å². The van der Waals surface area contributed by atoms with E-state index in [1.807, 2.05) is 31.5 Å². The summed E-state index contributed by atoms with van der Waals surface area (Å²) in [5.74, 6) is 0. The van der Waals surface area contributed by atoms with Gasteiger partial charge in [0.15, 0.2) is 0 Å². The average molecular weight is 325 g/mol. The van der Waals surface area contributed by atoms with Crippen LogP contribution in [0, 0.1) is 0 Å². The van der Waals surface area contributed by atoms with Gasteiger partial charge < -0.3 is 5.32 Å². The number of thiophene rings is 1. The zero-order chi connectivity index (χ0) is 15.3. The van der Waals surface area contributed by atoms with E-state index in [4.69, 9.17) is 0 Å². The summed E-state index contributed by atoms with van der Waals surface area (Å²) < 4.78 is 27.5. The third-order valence-corrected chi connectivity index (χ3v) is 5.96. The Morgan fingerprint density at radius 1 is 1.33 bits per heavy atom. The number of sulfonamides is 1. The van der Waals surface area contributed by atoms with Crippen molar-refractivity contribution in [3.8, 4) is 0 Å². The van der Waals surface area contributed by atoms with Gasteiger partial charge in [-0.3, -0.25) is 4.98 Å². The molecular weight excluding hydrogens is 306 g/mol. The molecule has 0 aliphatic rings. The van der Waals surface area contributed by atoms with Crippen LogP contribution in [0.15, 0.2) is 34.0 Å². The topological polar surface area (TPSA) is 71.1 Å². The molecule has 2 aromatic heterocycles. The molecule has 0 aromatic carbocycles. The van der Waals surface area contributed by atoms with Crippen molar-refractivity contribution in [3.05, 3.63) is 46.6 Å². The summed E-state index contributed by atoms with van der Waals surface area (Å²) in [6.45, 7) is 2.90. The van der Waals surface area contributed by atoms with Crippen LogP contribution in [0.5, 0.6) is 0 Å². The second-order valence-electron chi connectivity index (χ2n) is 4.59. The molecule has 21 heavy (non-hydrogen) atoms. The van der Waals surface area contributed by atoms with Crippen LogP contribution < -0.4 is 10.0 Å². The summed E-state index contributed by atoms with van der Waals surface area (Å²) in [5.41, 5.74) is 2.80. The first kappa shape index (κ1) is 16.1. The van der Waals surface area contributed by atoms with Crippen LogP contribution in [0.25, 0.3) is 0 Å². The quantitative estimate of drug-likeness (QED) is 0.816. The first-order valence-corrected chi connectivity index (χ1v) is 9.07. The van der Waals surface area contributed by atoms with E-state index in [2.05, 4.69) is 15.0 Å². The van der Waals surface area contributed by atoms with Gasteiger partial charge in [0, 0.05) is 12.7 Å². The first-order valence-electron chi connectivity index (χ1n) is 6.71. The van der Waals surface area contributed by atoms with Crippen molar-refractivity contribution in [3.63, 3.8) is 0 Å². The predicted octanol–water partition coefficient (Wildman–Crippen LogP) is 1.90. The highest BCUT2D eigenvalue weighted by molar-refractivity contribution is 7.91. The molecule has 0 saturated carbocycles. The van der Waals surface area contributed by atoms with Gasteiger partial charge in [0.25, 0.3) is 0 Å². The van der Waals surface area contributed by atoms with Crippen molar-refractivity contribution in [1.82, 2.24) is 15.0 Å². The minimum absolute atomic E-state index is 0.214. The molecule has 0 saturated heterocycles. The fourth-order valence-corrected chi connectivity index (χ4v) is 4.22. The van der Waals surface area contributed by atoms with Crippen LogP contribution in [0.1, 0.15) is 23.7 Å². The molecule has 7 heteroatoms. The van der Waals surface area contributed by atoms with Crippen molar-refractivity contribution < 1.29 is 8.42 Å². The van der Waals surface area contributed by atoms with E-state index in [9.17, 15) is 8.42 Å². The molecular formula is C14H19N3O2S2. The number of pyridine rings is 1. The Morgan fingerprint density at radius 3 is 2.86 bits per heavy atom. The van der Waals surface area contributed by atoms with Gasteiger partial charge in [-0.2, -0.15) is 0 Å². The molecule has 0 unspecified atom stereocenters. The lowest BCUT2D eigenvalue weighted by molar-refractivity contribution is 0.582. The summed E-state index contributed by atoms with van der Waals surface area (Å²) in [6.07, 6.45) is 2.51. The number of rotatable bonds is 7. The van der Waals surface area contributed by atoms with Crippen LogP contribution >= 0.6 is 11.3 Å². The van der Waals surface area contributed by atoms with Gasteiger partial charge in [0.2, 0.25) is 10.0 Å². The Morgan fingerprint density at radius 2 is 2.14 bits per heavy atom. The van der Waals surface area contributed by atoms with Gasteiger partial charge in [-0.15, -0.1) is 11.3 Å². The molecule has 0 spiro atoms. The van der Waals surface area contributed by atoms with Crippen LogP contribution in [0.4, 0.5) is 0 Å². The van der Waals surface area contributed by atoms with E-state index in [1.54, 1.807) is 12.3 Å². The molecule has 5 nitrogen and oxygen atoms in total. The summed E-state index contributed by atoms with van der Waals surface area (Å²) in [6, 6.07) is 5.52. The van der Waals surface area contributed by atoms with Gasteiger partial charge >= 0.3 is 0 Å². The van der Waals surface area contributed by atoms with E-state index in [0.717, 1.165) is 23.2 Å². The van der Waals surface area contributed by atoms with E-state index in [-0.39, 0.29) is 6.54 Å². The van der Waals surface area contributed by atoms with Crippen LogP contribution in [-0.4, -0.2) is 20.4 Å². The molecule has 0 bridgehead atoms. The molecule has 2 N–H and O–H groups in total. The summed E-state index contributed by atoms with van der Waals surface area (Å²) in [7, 11) is -1.65. The minimum atomic E-state index is -3.48. The summed E-state index contributed by atoms with van der Waals surface area (Å²) in [5, 5.41) is 4.85. The fraction of sp³-hybridized carbons (Fsp3) is 0.357. The average Bonchev–Trinajstić information content (AvgIpc) is 2.95.